The summed E-state index contributed by atoms with van der Waals surface area (Å²) >= 11 is 0. The molecule has 29 heavy (non-hydrogen) atoms. The quantitative estimate of drug-likeness (QED) is 0.633. The number of nitrogens with one attached hydrogen (secondary N) is 1. The summed E-state index contributed by atoms with van der Waals surface area (Å²) in [5, 5.41) is 28.5. The Morgan fingerprint density at radius 2 is 2.00 bits per heavy atom. The molecular weight excluding hydrogens is 368 g/mol. The van der Waals surface area contributed by atoms with Crippen LogP contribution in [0.3, 0.4) is 0 Å². The summed E-state index contributed by atoms with van der Waals surface area (Å²) in [5.74, 6) is 1.73. The number of fused-ring (bicyclic) bond motifs is 2. The van der Waals surface area contributed by atoms with E-state index in [1.165, 1.54) is 5.56 Å². The van der Waals surface area contributed by atoms with Gasteiger partial charge >= 0.3 is 0 Å². The molecule has 0 bridgehead atoms. The van der Waals surface area contributed by atoms with Crippen molar-refractivity contribution in [2.24, 2.45) is 5.92 Å². The molecule has 2 unspecified atom stereocenters. The van der Waals surface area contributed by atoms with E-state index in [0.717, 1.165) is 28.5 Å². The van der Waals surface area contributed by atoms with Crippen LogP contribution in [0.25, 0.3) is 16.9 Å². The highest BCUT2D eigenvalue weighted by atomic mass is 16.5. The molecule has 1 fully saturated rings. The first kappa shape index (κ1) is 18.4. The number of benzene rings is 1. The van der Waals surface area contributed by atoms with Crippen molar-refractivity contribution in [1.82, 2.24) is 14.6 Å². The number of nitrogens with zero attached hydrogens (tertiary/aromatic N) is 3. The largest absolute Gasteiger partial charge is 0.492 e. The van der Waals surface area contributed by atoms with Crippen LogP contribution in [0.15, 0.2) is 36.5 Å². The highest BCUT2D eigenvalue weighted by Crippen LogP contribution is 2.40. The Bertz CT molecular complexity index is 1080. The van der Waals surface area contributed by atoms with Crippen molar-refractivity contribution in [3.05, 3.63) is 42.1 Å². The number of aliphatic hydroxyl groups excluding tert-OH is 2. The van der Waals surface area contributed by atoms with Gasteiger partial charge in [-0.1, -0.05) is 20.8 Å². The molecule has 0 amide bonds. The summed E-state index contributed by atoms with van der Waals surface area (Å²) in [5.41, 5.74) is 3.74. The molecule has 2 aliphatic rings. The lowest BCUT2D eigenvalue weighted by molar-refractivity contribution is 0.0210. The number of rotatable bonds is 3. The molecule has 3 heterocycles. The van der Waals surface area contributed by atoms with E-state index in [9.17, 15) is 10.2 Å². The number of ether oxygens (including phenoxy) is 1. The molecule has 1 saturated carbocycles. The summed E-state index contributed by atoms with van der Waals surface area (Å²) in [6, 6.07) is 9.75. The average Bonchev–Trinajstić information content (AvgIpc) is 3.34. The van der Waals surface area contributed by atoms with E-state index in [1.54, 1.807) is 10.7 Å². The van der Waals surface area contributed by atoms with Gasteiger partial charge in [0.2, 0.25) is 0 Å². The Hall–Kier alpha value is -2.64. The molecule has 3 aromatic rings. The zero-order chi connectivity index (χ0) is 20.3. The van der Waals surface area contributed by atoms with Gasteiger partial charge in [0.1, 0.15) is 17.7 Å². The molecule has 1 aliphatic heterocycles. The third-order valence-electron chi connectivity index (χ3n) is 6.26. The topological polar surface area (TPSA) is 91.9 Å². The van der Waals surface area contributed by atoms with Gasteiger partial charge in [-0.3, -0.25) is 0 Å². The Morgan fingerprint density at radius 1 is 1.17 bits per heavy atom. The first-order valence-corrected chi connectivity index (χ1v) is 10.1. The highest BCUT2D eigenvalue weighted by molar-refractivity contribution is 5.68. The fraction of sp³-hybridized carbons (Fsp3) is 0.455. The van der Waals surface area contributed by atoms with Gasteiger partial charge in [0.15, 0.2) is 5.65 Å². The molecule has 1 aliphatic carbocycles. The summed E-state index contributed by atoms with van der Waals surface area (Å²) in [4.78, 5) is 4.44. The van der Waals surface area contributed by atoms with Crippen LogP contribution >= 0.6 is 0 Å². The van der Waals surface area contributed by atoms with E-state index >= 15 is 0 Å². The normalized spacial score (nSPS) is 27.8. The van der Waals surface area contributed by atoms with Crippen LogP contribution in [0.4, 0.5) is 5.82 Å². The second kappa shape index (κ2) is 6.43. The minimum atomic E-state index is -0.804. The minimum absolute atomic E-state index is 0.0222. The maximum atomic E-state index is 10.3. The van der Waals surface area contributed by atoms with Crippen molar-refractivity contribution in [1.29, 1.82) is 0 Å². The van der Waals surface area contributed by atoms with E-state index < -0.39 is 12.2 Å². The van der Waals surface area contributed by atoms with Crippen LogP contribution < -0.4 is 10.1 Å². The lowest BCUT2D eigenvalue weighted by atomic mass is 9.86. The van der Waals surface area contributed by atoms with Gasteiger partial charge in [0.05, 0.1) is 24.4 Å². The van der Waals surface area contributed by atoms with Crippen molar-refractivity contribution in [3.8, 4) is 17.0 Å². The summed E-state index contributed by atoms with van der Waals surface area (Å²) < 4.78 is 7.55. The van der Waals surface area contributed by atoms with Gasteiger partial charge in [-0.25, -0.2) is 4.98 Å². The van der Waals surface area contributed by atoms with Gasteiger partial charge in [0, 0.05) is 28.8 Å². The van der Waals surface area contributed by atoms with Crippen molar-refractivity contribution < 1.29 is 14.9 Å². The lowest BCUT2D eigenvalue weighted by Crippen LogP contribution is -2.35. The molecule has 5 rings (SSSR count). The van der Waals surface area contributed by atoms with Crippen LogP contribution in [-0.2, 0) is 5.41 Å². The molecule has 0 spiro atoms. The Labute approximate surface area is 169 Å². The van der Waals surface area contributed by atoms with Gasteiger partial charge in [-0.05, 0) is 36.6 Å². The van der Waals surface area contributed by atoms with E-state index in [-0.39, 0.29) is 17.4 Å². The summed E-state index contributed by atoms with van der Waals surface area (Å²) in [6.45, 7) is 6.99. The fourth-order valence-electron chi connectivity index (χ4n) is 4.41. The molecule has 7 heteroatoms. The van der Waals surface area contributed by atoms with Crippen molar-refractivity contribution in [3.63, 3.8) is 0 Å². The molecule has 2 aromatic heterocycles. The molecule has 0 radical (unpaired) electrons. The van der Waals surface area contributed by atoms with Crippen LogP contribution in [0, 0.1) is 5.92 Å². The Balaban J connectivity index is 1.50. The first-order valence-electron chi connectivity index (χ1n) is 10.1. The lowest BCUT2D eigenvalue weighted by Gasteiger charge is -2.19. The highest BCUT2D eigenvalue weighted by Gasteiger charge is 2.39. The third kappa shape index (κ3) is 2.96. The molecule has 152 valence electrons. The Kier molecular flexibility index (Phi) is 4.08. The minimum Gasteiger partial charge on any atom is -0.492 e. The summed E-state index contributed by atoms with van der Waals surface area (Å²) in [6.07, 6.45) is 0.904. The number of hydrogen-bond donors (Lipinski definition) is 3. The standard InChI is InChI=1S/C22H26N4O3/c1-12-8-16(21(28)20(12)27)24-18-6-7-23-19-10-15(25-26(18)19)13-4-5-17-14(9-13)22(2,3)11-29-17/h4-7,9-10,12,16,20-21,24,27-28H,8,11H2,1-3H3/t12?,16-,20?,21+/m1/s1. The van der Waals surface area contributed by atoms with E-state index in [1.807, 2.05) is 31.2 Å². The molecule has 0 saturated heterocycles. The predicted octanol–water partition coefficient (Wildman–Crippen LogP) is 2.61. The average molecular weight is 394 g/mol. The number of anilines is 1. The zero-order valence-corrected chi connectivity index (χ0v) is 16.8. The molecule has 1 aromatic carbocycles. The number of hydrogen-bond acceptors (Lipinski definition) is 6. The second-order valence-electron chi connectivity index (χ2n) is 8.96. The van der Waals surface area contributed by atoms with Crippen molar-refractivity contribution in [2.75, 3.05) is 11.9 Å². The predicted molar refractivity (Wildman–Crippen MR) is 110 cm³/mol. The smallest absolute Gasteiger partial charge is 0.157 e. The van der Waals surface area contributed by atoms with Crippen LogP contribution in [0.5, 0.6) is 5.75 Å². The van der Waals surface area contributed by atoms with Gasteiger partial charge in [-0.2, -0.15) is 9.61 Å². The molecule has 7 nitrogen and oxygen atoms in total. The number of aliphatic hydroxyl groups is 2. The summed E-state index contributed by atoms with van der Waals surface area (Å²) in [7, 11) is 0. The SMILES string of the molecule is CC1C[C@@H](Nc2ccnc3cc(-c4ccc5c(c4)C(C)(C)CO5)nn23)[C@H](O)C1O. The van der Waals surface area contributed by atoms with E-state index in [0.29, 0.717) is 13.0 Å². The van der Waals surface area contributed by atoms with Crippen LogP contribution in [0.2, 0.25) is 0 Å². The van der Waals surface area contributed by atoms with E-state index in [2.05, 4.69) is 30.2 Å². The zero-order valence-electron chi connectivity index (χ0n) is 16.8. The van der Waals surface area contributed by atoms with Crippen molar-refractivity contribution in [2.45, 2.75) is 50.9 Å². The van der Waals surface area contributed by atoms with Crippen LogP contribution in [0.1, 0.15) is 32.8 Å². The number of aromatic nitrogens is 3. The maximum Gasteiger partial charge on any atom is 0.157 e. The van der Waals surface area contributed by atoms with Gasteiger partial charge in [0.25, 0.3) is 0 Å². The first-order chi connectivity index (χ1) is 13.8. The molecule has 4 atom stereocenters. The fourth-order valence-corrected chi connectivity index (χ4v) is 4.41. The van der Waals surface area contributed by atoms with Gasteiger partial charge in [-0.15, -0.1) is 0 Å². The van der Waals surface area contributed by atoms with Gasteiger partial charge < -0.3 is 20.3 Å². The Morgan fingerprint density at radius 3 is 2.76 bits per heavy atom. The van der Waals surface area contributed by atoms with E-state index in [4.69, 9.17) is 9.84 Å². The maximum absolute atomic E-state index is 10.3. The van der Waals surface area contributed by atoms with Crippen molar-refractivity contribution >= 4 is 11.5 Å². The third-order valence-corrected chi connectivity index (χ3v) is 6.26. The monoisotopic (exact) mass is 394 g/mol. The molecular formula is C22H26N4O3. The second-order valence-corrected chi connectivity index (χ2v) is 8.96. The molecule has 3 N–H and O–H groups in total. The van der Waals surface area contributed by atoms with Crippen LogP contribution in [-0.4, -0.2) is 49.7 Å².